The summed E-state index contributed by atoms with van der Waals surface area (Å²) in [6.07, 6.45) is 4.30. The van der Waals surface area contributed by atoms with Crippen LogP contribution >= 0.6 is 0 Å². The molecule has 0 fully saturated rings. The van der Waals surface area contributed by atoms with Crippen LogP contribution in [-0.4, -0.2) is 0 Å². The van der Waals surface area contributed by atoms with Crippen molar-refractivity contribution in [3.05, 3.63) is 40.5 Å². The van der Waals surface area contributed by atoms with Crippen molar-refractivity contribution in [3.8, 4) is 0 Å². The van der Waals surface area contributed by atoms with E-state index in [1.54, 1.807) is 0 Å². The number of hydrogen-bond donors (Lipinski definition) is 0. The highest BCUT2D eigenvalue weighted by Crippen LogP contribution is 2.27. The Morgan fingerprint density at radius 2 is 1.67 bits per heavy atom. The van der Waals surface area contributed by atoms with Crippen LogP contribution in [0.3, 0.4) is 0 Å². The standard InChI is InChI=1S/C15H22/c1-7-8-13-10-14(15(4,5)6)9-11(2)12(13)3/h7-10H,1-6H3. The molecule has 0 saturated carbocycles. The molecule has 0 heteroatoms. The predicted octanol–water partition coefficient (Wildman–Crippen LogP) is 4.63. The van der Waals surface area contributed by atoms with E-state index < -0.39 is 0 Å². The summed E-state index contributed by atoms with van der Waals surface area (Å²) < 4.78 is 0. The zero-order chi connectivity index (χ0) is 11.6. The molecular formula is C15H22. The lowest BCUT2D eigenvalue weighted by Gasteiger charge is -2.21. The molecule has 1 aromatic carbocycles. The van der Waals surface area contributed by atoms with E-state index >= 15 is 0 Å². The minimum absolute atomic E-state index is 0.231. The van der Waals surface area contributed by atoms with Crippen LogP contribution in [0.25, 0.3) is 6.08 Å². The molecule has 0 heterocycles. The summed E-state index contributed by atoms with van der Waals surface area (Å²) in [4.78, 5) is 0. The third-order valence-corrected chi connectivity index (χ3v) is 2.92. The Balaban J connectivity index is 3.36. The Morgan fingerprint density at radius 1 is 1.07 bits per heavy atom. The van der Waals surface area contributed by atoms with Gasteiger partial charge in [0, 0.05) is 0 Å². The molecule has 0 unspecified atom stereocenters. The summed E-state index contributed by atoms with van der Waals surface area (Å²) in [6.45, 7) is 13.2. The van der Waals surface area contributed by atoms with Gasteiger partial charge >= 0.3 is 0 Å². The van der Waals surface area contributed by atoms with Crippen LogP contribution in [-0.2, 0) is 5.41 Å². The van der Waals surface area contributed by atoms with Crippen molar-refractivity contribution in [1.29, 1.82) is 0 Å². The van der Waals surface area contributed by atoms with Gasteiger partial charge in [0.25, 0.3) is 0 Å². The average Bonchev–Trinajstić information content (AvgIpc) is 2.11. The number of aryl methyl sites for hydroxylation is 1. The smallest absolute Gasteiger partial charge is 0.0132 e. The SMILES string of the molecule is CC=Cc1cc(C(C)(C)C)cc(C)c1C. The molecule has 0 aliphatic rings. The Bertz CT molecular complexity index is 376. The van der Waals surface area contributed by atoms with Crippen molar-refractivity contribution in [2.45, 2.75) is 47.0 Å². The maximum atomic E-state index is 2.31. The molecule has 0 nitrogen and oxygen atoms in total. The molecule has 0 N–H and O–H groups in total. The van der Waals surface area contributed by atoms with E-state index in [4.69, 9.17) is 0 Å². The number of benzene rings is 1. The molecule has 82 valence electrons. The normalized spacial score (nSPS) is 12.4. The van der Waals surface area contributed by atoms with Crippen molar-refractivity contribution < 1.29 is 0 Å². The van der Waals surface area contributed by atoms with E-state index in [0.29, 0.717) is 0 Å². The molecule has 0 saturated heterocycles. The highest BCUT2D eigenvalue weighted by Gasteiger charge is 2.15. The van der Waals surface area contributed by atoms with Crippen LogP contribution in [0.2, 0.25) is 0 Å². The van der Waals surface area contributed by atoms with E-state index in [1.807, 2.05) is 0 Å². The van der Waals surface area contributed by atoms with Crippen LogP contribution in [0, 0.1) is 13.8 Å². The molecule has 0 radical (unpaired) electrons. The highest BCUT2D eigenvalue weighted by molar-refractivity contribution is 5.57. The molecule has 0 atom stereocenters. The number of rotatable bonds is 1. The van der Waals surface area contributed by atoms with Gasteiger partial charge in [0.2, 0.25) is 0 Å². The van der Waals surface area contributed by atoms with Gasteiger partial charge < -0.3 is 0 Å². The lowest BCUT2D eigenvalue weighted by molar-refractivity contribution is 0.589. The van der Waals surface area contributed by atoms with Crippen LogP contribution in [0.4, 0.5) is 0 Å². The summed E-state index contributed by atoms with van der Waals surface area (Å²) in [5.74, 6) is 0. The summed E-state index contributed by atoms with van der Waals surface area (Å²) in [7, 11) is 0. The Hall–Kier alpha value is -1.04. The van der Waals surface area contributed by atoms with E-state index in [9.17, 15) is 0 Å². The summed E-state index contributed by atoms with van der Waals surface area (Å²) in [6, 6.07) is 4.62. The van der Waals surface area contributed by atoms with Crippen molar-refractivity contribution >= 4 is 6.08 Å². The van der Waals surface area contributed by atoms with E-state index in [2.05, 4.69) is 65.8 Å². The molecule has 1 aromatic rings. The summed E-state index contributed by atoms with van der Waals surface area (Å²) in [5, 5.41) is 0. The molecule has 1 rings (SSSR count). The van der Waals surface area contributed by atoms with Gasteiger partial charge in [-0.3, -0.25) is 0 Å². The number of allylic oxidation sites excluding steroid dienone is 1. The van der Waals surface area contributed by atoms with E-state index in [0.717, 1.165) is 0 Å². The fourth-order valence-corrected chi connectivity index (χ4v) is 1.67. The third kappa shape index (κ3) is 2.71. The van der Waals surface area contributed by atoms with Gasteiger partial charge in [-0.25, -0.2) is 0 Å². The van der Waals surface area contributed by atoms with Crippen molar-refractivity contribution in [2.24, 2.45) is 0 Å². The Kier molecular flexibility index (Phi) is 3.38. The second-order valence-corrected chi connectivity index (χ2v) is 5.26. The second-order valence-electron chi connectivity index (χ2n) is 5.26. The third-order valence-electron chi connectivity index (χ3n) is 2.92. The monoisotopic (exact) mass is 202 g/mol. The molecule has 0 aromatic heterocycles. The van der Waals surface area contributed by atoms with Crippen LogP contribution < -0.4 is 0 Å². The average molecular weight is 202 g/mol. The lowest BCUT2D eigenvalue weighted by Crippen LogP contribution is -2.12. The van der Waals surface area contributed by atoms with E-state index in [-0.39, 0.29) is 5.41 Å². The van der Waals surface area contributed by atoms with Gasteiger partial charge in [-0.1, -0.05) is 45.1 Å². The largest absolute Gasteiger partial charge is 0.0871 e. The molecule has 0 aliphatic heterocycles. The molecular weight excluding hydrogens is 180 g/mol. The van der Waals surface area contributed by atoms with Gasteiger partial charge in [0.1, 0.15) is 0 Å². The first-order valence-corrected chi connectivity index (χ1v) is 5.60. The first kappa shape index (κ1) is 12.0. The van der Waals surface area contributed by atoms with Crippen LogP contribution in [0.5, 0.6) is 0 Å². The second kappa shape index (κ2) is 4.22. The van der Waals surface area contributed by atoms with Crippen LogP contribution in [0.15, 0.2) is 18.2 Å². The summed E-state index contributed by atoms with van der Waals surface area (Å²) in [5.41, 5.74) is 5.77. The molecule has 15 heavy (non-hydrogen) atoms. The van der Waals surface area contributed by atoms with Gasteiger partial charge in [0.05, 0.1) is 0 Å². The lowest BCUT2D eigenvalue weighted by atomic mass is 9.84. The first-order valence-electron chi connectivity index (χ1n) is 5.60. The Morgan fingerprint density at radius 3 is 2.13 bits per heavy atom. The van der Waals surface area contributed by atoms with Crippen molar-refractivity contribution in [2.75, 3.05) is 0 Å². The fourth-order valence-electron chi connectivity index (χ4n) is 1.67. The van der Waals surface area contributed by atoms with Gasteiger partial charge in [-0.15, -0.1) is 0 Å². The van der Waals surface area contributed by atoms with Crippen molar-refractivity contribution in [3.63, 3.8) is 0 Å². The van der Waals surface area contributed by atoms with Gasteiger partial charge in [0.15, 0.2) is 0 Å². The van der Waals surface area contributed by atoms with Gasteiger partial charge in [-0.05, 0) is 48.4 Å². The molecule has 0 aliphatic carbocycles. The topological polar surface area (TPSA) is 0 Å². The molecule has 0 amide bonds. The van der Waals surface area contributed by atoms with Crippen LogP contribution in [0.1, 0.15) is 49.9 Å². The van der Waals surface area contributed by atoms with Crippen molar-refractivity contribution in [1.82, 2.24) is 0 Å². The zero-order valence-corrected chi connectivity index (χ0v) is 10.8. The molecule has 0 spiro atoms. The fraction of sp³-hybridized carbons (Fsp3) is 0.467. The molecule has 0 bridgehead atoms. The maximum absolute atomic E-state index is 2.31. The summed E-state index contributed by atoms with van der Waals surface area (Å²) >= 11 is 0. The Labute approximate surface area is 94.0 Å². The minimum atomic E-state index is 0.231. The number of hydrogen-bond acceptors (Lipinski definition) is 0. The quantitative estimate of drug-likeness (QED) is 0.622. The predicted molar refractivity (Wildman–Crippen MR) is 69.3 cm³/mol. The first-order chi connectivity index (χ1) is 6.86. The minimum Gasteiger partial charge on any atom is -0.0871 e. The highest BCUT2D eigenvalue weighted by atomic mass is 14.2. The maximum Gasteiger partial charge on any atom is -0.0132 e. The zero-order valence-electron chi connectivity index (χ0n) is 10.8. The van der Waals surface area contributed by atoms with Gasteiger partial charge in [-0.2, -0.15) is 0 Å². The van der Waals surface area contributed by atoms with E-state index in [1.165, 1.54) is 22.3 Å².